The first kappa shape index (κ1) is 25.1. The summed E-state index contributed by atoms with van der Waals surface area (Å²) in [4.78, 5) is 14.7. The first-order valence-corrected chi connectivity index (χ1v) is 12.8. The summed E-state index contributed by atoms with van der Waals surface area (Å²) in [7, 11) is -3.60. The van der Waals surface area contributed by atoms with E-state index in [-0.39, 0.29) is 31.1 Å². The zero-order valence-corrected chi connectivity index (χ0v) is 20.1. The van der Waals surface area contributed by atoms with Crippen molar-refractivity contribution >= 4 is 22.0 Å². The Bertz CT molecular complexity index is 1030. The van der Waals surface area contributed by atoms with Gasteiger partial charge in [0.1, 0.15) is 0 Å². The third-order valence-corrected chi connectivity index (χ3v) is 6.48. The van der Waals surface area contributed by atoms with Gasteiger partial charge in [0.2, 0.25) is 15.9 Å². The first-order valence-electron chi connectivity index (χ1n) is 11.2. The summed E-state index contributed by atoms with van der Waals surface area (Å²) < 4.78 is 32.5. The lowest BCUT2D eigenvalue weighted by molar-refractivity contribution is -0.121. The van der Waals surface area contributed by atoms with E-state index in [1.807, 2.05) is 48.5 Å². The van der Waals surface area contributed by atoms with Crippen LogP contribution < -0.4 is 10.0 Å². The van der Waals surface area contributed by atoms with Gasteiger partial charge in [-0.05, 0) is 36.6 Å². The van der Waals surface area contributed by atoms with Crippen molar-refractivity contribution in [3.8, 4) is 0 Å². The molecule has 1 aliphatic rings. The smallest absolute Gasteiger partial charge is 0.233 e. The Hall–Kier alpha value is -2.52. The van der Waals surface area contributed by atoms with Crippen LogP contribution in [0.5, 0.6) is 0 Å². The summed E-state index contributed by atoms with van der Waals surface area (Å²) in [5.74, 6) is -0.201. The number of hydrogen-bond donors (Lipinski definition) is 2. The number of hydrogen-bond acceptors (Lipinski definition) is 5. The highest BCUT2D eigenvalue weighted by atomic mass is 32.2. The van der Waals surface area contributed by atoms with Crippen LogP contribution in [0.15, 0.2) is 60.0 Å². The molecule has 0 aromatic heterocycles. The number of ether oxygens (including phenoxy) is 1. The van der Waals surface area contributed by atoms with Crippen molar-refractivity contribution in [2.24, 2.45) is 0 Å². The van der Waals surface area contributed by atoms with E-state index in [1.54, 1.807) is 0 Å². The van der Waals surface area contributed by atoms with Gasteiger partial charge in [0, 0.05) is 44.6 Å². The molecule has 7 nitrogen and oxygen atoms in total. The van der Waals surface area contributed by atoms with Crippen molar-refractivity contribution < 1.29 is 17.9 Å². The number of nitrogens with one attached hydrogen (secondary N) is 2. The quantitative estimate of drug-likeness (QED) is 0.556. The highest BCUT2D eigenvalue weighted by Crippen LogP contribution is 2.17. The molecule has 3 rings (SSSR count). The summed E-state index contributed by atoms with van der Waals surface area (Å²) in [5, 5.41) is 4.02. The van der Waals surface area contributed by atoms with Crippen molar-refractivity contribution in [1.29, 1.82) is 0 Å². The molecule has 1 amide bonds. The van der Waals surface area contributed by atoms with Crippen LogP contribution >= 0.6 is 0 Å². The molecule has 0 radical (unpaired) electrons. The fraction of sp³-hybridized carbons (Fsp3) is 0.400. The molecule has 2 aromatic rings. The van der Waals surface area contributed by atoms with Crippen LogP contribution in [0, 0.1) is 0 Å². The van der Waals surface area contributed by atoms with Gasteiger partial charge < -0.3 is 10.1 Å². The Morgan fingerprint density at radius 2 is 1.67 bits per heavy atom. The fourth-order valence-corrected chi connectivity index (χ4v) is 4.73. The molecule has 33 heavy (non-hydrogen) atoms. The van der Waals surface area contributed by atoms with Crippen molar-refractivity contribution in [3.63, 3.8) is 0 Å². The third kappa shape index (κ3) is 8.74. The lowest BCUT2D eigenvalue weighted by Gasteiger charge is -2.35. The van der Waals surface area contributed by atoms with Gasteiger partial charge >= 0.3 is 0 Å². The van der Waals surface area contributed by atoms with Crippen LogP contribution in [-0.2, 0) is 32.6 Å². The summed E-state index contributed by atoms with van der Waals surface area (Å²) in [5.41, 5.74) is 3.02. The molecular weight excluding hydrogens is 438 g/mol. The standard InChI is InChI=1S/C25H33N3O4S/c1-20-17-28(18-21(2)32-20)19-24-11-7-6-10-23(24)16-26-25(29)12-14-27-33(30,31)15-13-22-8-4-3-5-9-22/h3-11,13,15,20-21,27H,12,14,16-19H2,1-2H3,(H,26,29)/b15-13+. The Labute approximate surface area is 196 Å². The predicted octanol–water partition coefficient (Wildman–Crippen LogP) is 2.89. The monoisotopic (exact) mass is 471 g/mol. The molecule has 0 saturated carbocycles. The van der Waals surface area contributed by atoms with Gasteiger partial charge in [-0.3, -0.25) is 9.69 Å². The lowest BCUT2D eigenvalue weighted by atomic mass is 10.1. The van der Waals surface area contributed by atoms with E-state index in [2.05, 4.69) is 34.9 Å². The predicted molar refractivity (Wildman–Crippen MR) is 131 cm³/mol. The molecule has 1 aliphatic heterocycles. The average molecular weight is 472 g/mol. The van der Waals surface area contributed by atoms with E-state index >= 15 is 0 Å². The minimum absolute atomic E-state index is 0.0402. The molecule has 2 unspecified atom stereocenters. The maximum Gasteiger partial charge on any atom is 0.233 e. The van der Waals surface area contributed by atoms with E-state index in [0.29, 0.717) is 6.54 Å². The SMILES string of the molecule is CC1CN(Cc2ccccc2CNC(=O)CCNS(=O)(=O)/C=C/c2ccccc2)CC(C)O1. The van der Waals surface area contributed by atoms with Gasteiger partial charge in [0.15, 0.2) is 0 Å². The van der Waals surface area contributed by atoms with Crippen molar-refractivity contribution in [2.45, 2.75) is 45.6 Å². The van der Waals surface area contributed by atoms with Crippen LogP contribution in [-0.4, -0.2) is 51.1 Å². The Morgan fingerprint density at radius 3 is 2.36 bits per heavy atom. The third-order valence-electron chi connectivity index (χ3n) is 5.38. The molecule has 2 N–H and O–H groups in total. The topological polar surface area (TPSA) is 87.7 Å². The zero-order chi connectivity index (χ0) is 23.7. The first-order chi connectivity index (χ1) is 15.8. The van der Waals surface area contributed by atoms with E-state index in [9.17, 15) is 13.2 Å². The number of amides is 1. The van der Waals surface area contributed by atoms with E-state index in [4.69, 9.17) is 4.74 Å². The molecule has 178 valence electrons. The molecule has 8 heteroatoms. The van der Waals surface area contributed by atoms with E-state index < -0.39 is 10.0 Å². The molecule has 0 spiro atoms. The molecule has 0 bridgehead atoms. The second-order valence-corrected chi connectivity index (χ2v) is 10.1. The molecule has 1 heterocycles. The Morgan fingerprint density at radius 1 is 1.03 bits per heavy atom. The maximum atomic E-state index is 12.3. The van der Waals surface area contributed by atoms with E-state index in [1.165, 1.54) is 11.6 Å². The summed E-state index contributed by atoms with van der Waals surface area (Å²) in [6, 6.07) is 17.2. The Balaban J connectivity index is 1.45. The van der Waals surface area contributed by atoms with Gasteiger partial charge in [0.25, 0.3) is 0 Å². The largest absolute Gasteiger partial charge is 0.373 e. The maximum absolute atomic E-state index is 12.3. The number of rotatable bonds is 10. The molecule has 2 aromatic carbocycles. The number of sulfonamides is 1. The number of carbonyl (C=O) groups excluding carboxylic acids is 1. The zero-order valence-electron chi connectivity index (χ0n) is 19.2. The highest BCUT2D eigenvalue weighted by molar-refractivity contribution is 7.92. The molecule has 1 fully saturated rings. The van der Waals surface area contributed by atoms with Gasteiger partial charge in [-0.2, -0.15) is 0 Å². The summed E-state index contributed by atoms with van der Waals surface area (Å²) in [6.45, 7) is 7.18. The number of nitrogens with zero attached hydrogens (tertiary/aromatic N) is 1. The van der Waals surface area contributed by atoms with Crippen LogP contribution in [0.1, 0.15) is 37.0 Å². The normalized spacial score (nSPS) is 19.6. The molecule has 0 aliphatic carbocycles. The van der Waals surface area contributed by atoms with Gasteiger partial charge in [0.05, 0.1) is 12.2 Å². The highest BCUT2D eigenvalue weighted by Gasteiger charge is 2.22. The second-order valence-electron chi connectivity index (χ2n) is 8.40. The Kier molecular flexibility index (Phi) is 9.20. The number of morpholine rings is 1. The second kappa shape index (κ2) is 12.1. The van der Waals surface area contributed by atoms with Gasteiger partial charge in [-0.1, -0.05) is 54.6 Å². The number of carbonyl (C=O) groups is 1. The van der Waals surface area contributed by atoms with E-state index in [0.717, 1.165) is 36.2 Å². The number of benzene rings is 2. The van der Waals surface area contributed by atoms with Crippen molar-refractivity contribution in [1.82, 2.24) is 14.9 Å². The van der Waals surface area contributed by atoms with Crippen LogP contribution in [0.4, 0.5) is 0 Å². The average Bonchev–Trinajstić information content (AvgIpc) is 2.77. The lowest BCUT2D eigenvalue weighted by Crippen LogP contribution is -2.45. The van der Waals surface area contributed by atoms with Crippen molar-refractivity contribution in [3.05, 3.63) is 76.7 Å². The van der Waals surface area contributed by atoms with Crippen molar-refractivity contribution in [2.75, 3.05) is 19.6 Å². The molecule has 1 saturated heterocycles. The fourth-order valence-electron chi connectivity index (χ4n) is 3.91. The van der Waals surface area contributed by atoms with Crippen LogP contribution in [0.3, 0.4) is 0 Å². The minimum atomic E-state index is -3.60. The van der Waals surface area contributed by atoms with Crippen LogP contribution in [0.25, 0.3) is 6.08 Å². The summed E-state index contributed by atoms with van der Waals surface area (Å²) in [6.07, 6.45) is 1.99. The molecular formula is C25H33N3O4S. The van der Waals surface area contributed by atoms with Gasteiger partial charge in [-0.25, -0.2) is 13.1 Å². The van der Waals surface area contributed by atoms with Crippen LogP contribution in [0.2, 0.25) is 0 Å². The minimum Gasteiger partial charge on any atom is -0.373 e. The van der Waals surface area contributed by atoms with Gasteiger partial charge in [-0.15, -0.1) is 0 Å². The molecule has 2 atom stereocenters. The summed E-state index contributed by atoms with van der Waals surface area (Å²) >= 11 is 0.